The highest BCUT2D eigenvalue weighted by Crippen LogP contribution is 2.48. The summed E-state index contributed by atoms with van der Waals surface area (Å²) < 4.78 is 4.54. The van der Waals surface area contributed by atoms with Crippen LogP contribution in [-0.2, 0) is 6.42 Å². The van der Waals surface area contributed by atoms with E-state index in [4.69, 9.17) is 15.0 Å². The maximum atomic E-state index is 5.23. The number of fused-ring (bicyclic) bond motifs is 7. The smallest absolute Gasteiger partial charge is 0.149 e. The number of hydrogen-bond acceptors (Lipinski definition) is 4. The summed E-state index contributed by atoms with van der Waals surface area (Å²) in [4.78, 5) is 17.7. The highest BCUT2D eigenvalue weighted by molar-refractivity contribution is 6.02. The molecule has 0 fully saturated rings. The molecule has 0 unspecified atom stereocenters. The number of aromatic nitrogens is 5. The molecule has 0 saturated heterocycles. The van der Waals surface area contributed by atoms with Crippen molar-refractivity contribution in [1.82, 2.24) is 23.9 Å². The van der Waals surface area contributed by atoms with Crippen LogP contribution in [0.5, 0.6) is 0 Å². The number of nitrogens with zero attached hydrogens (tertiary/aromatic N) is 6. The predicted octanol–water partition coefficient (Wildman–Crippen LogP) is 8.39. The summed E-state index contributed by atoms with van der Waals surface area (Å²) in [6.45, 7) is 2.17. The lowest BCUT2D eigenvalue weighted by Crippen LogP contribution is -2.19. The van der Waals surface area contributed by atoms with Gasteiger partial charge in [0.2, 0.25) is 0 Å². The van der Waals surface area contributed by atoms with E-state index in [1.165, 1.54) is 0 Å². The van der Waals surface area contributed by atoms with Gasteiger partial charge in [-0.3, -0.25) is 8.97 Å². The van der Waals surface area contributed by atoms with E-state index in [2.05, 4.69) is 118 Å². The molecular weight excluding hydrogens is 504 g/mol. The quantitative estimate of drug-likeness (QED) is 0.231. The second-order valence-corrected chi connectivity index (χ2v) is 10.4. The molecule has 0 radical (unpaired) electrons. The molecule has 1 aliphatic rings. The van der Waals surface area contributed by atoms with E-state index in [1.54, 1.807) is 0 Å². The van der Waals surface area contributed by atoms with Crippen LogP contribution in [0.2, 0.25) is 0 Å². The predicted molar refractivity (Wildman–Crippen MR) is 166 cm³/mol. The minimum atomic E-state index is 0.827. The Kier molecular flexibility index (Phi) is 4.50. The maximum Gasteiger partial charge on any atom is 0.149 e. The first kappa shape index (κ1) is 22.3. The van der Waals surface area contributed by atoms with Gasteiger partial charge >= 0.3 is 0 Å². The van der Waals surface area contributed by atoms with Crippen LogP contribution >= 0.6 is 0 Å². The van der Waals surface area contributed by atoms with Gasteiger partial charge in [0.15, 0.2) is 0 Å². The molecule has 0 atom stereocenters. The summed E-state index contributed by atoms with van der Waals surface area (Å²) in [5.41, 5.74) is 11.5. The Morgan fingerprint density at radius 1 is 0.610 bits per heavy atom. The van der Waals surface area contributed by atoms with Crippen LogP contribution in [0, 0.1) is 0 Å². The van der Waals surface area contributed by atoms with Gasteiger partial charge in [0.25, 0.3) is 0 Å². The summed E-state index contributed by atoms with van der Waals surface area (Å²) in [6.07, 6.45) is 0.827. The number of benzene rings is 5. The molecule has 194 valence electrons. The van der Waals surface area contributed by atoms with Crippen LogP contribution in [0.3, 0.4) is 0 Å². The third-order valence-electron chi connectivity index (χ3n) is 8.16. The van der Waals surface area contributed by atoms with Gasteiger partial charge in [-0.1, -0.05) is 55.5 Å². The average Bonchev–Trinajstić information content (AvgIpc) is 3.61. The van der Waals surface area contributed by atoms with Gasteiger partial charge in [-0.15, -0.1) is 0 Å². The van der Waals surface area contributed by atoms with Crippen LogP contribution in [0.25, 0.3) is 55.7 Å². The molecule has 4 heterocycles. The zero-order valence-electron chi connectivity index (χ0n) is 22.4. The lowest BCUT2D eigenvalue weighted by atomic mass is 10.1. The minimum absolute atomic E-state index is 0.827. The Labute approximate surface area is 235 Å². The average molecular weight is 529 g/mol. The molecule has 0 saturated carbocycles. The summed E-state index contributed by atoms with van der Waals surface area (Å²) in [5.74, 6) is 1.91. The normalized spacial score (nSPS) is 12.6. The molecule has 0 spiro atoms. The van der Waals surface area contributed by atoms with Crippen molar-refractivity contribution in [1.29, 1.82) is 0 Å². The fraction of sp³-hybridized carbons (Fsp3) is 0.0571. The van der Waals surface area contributed by atoms with Crippen molar-refractivity contribution in [3.05, 3.63) is 121 Å². The molecule has 0 N–H and O–H groups in total. The molecule has 41 heavy (non-hydrogen) atoms. The van der Waals surface area contributed by atoms with Gasteiger partial charge in [0, 0.05) is 23.1 Å². The van der Waals surface area contributed by atoms with E-state index in [1.807, 2.05) is 18.2 Å². The van der Waals surface area contributed by atoms with E-state index < -0.39 is 0 Å². The number of hydrogen-bond donors (Lipinski definition) is 0. The topological polar surface area (TPSA) is 51.3 Å². The summed E-state index contributed by atoms with van der Waals surface area (Å²) in [6, 6.07) is 40.2. The second kappa shape index (κ2) is 8.26. The zero-order chi connectivity index (χ0) is 27.1. The van der Waals surface area contributed by atoms with E-state index in [0.717, 1.165) is 85.0 Å². The Morgan fingerprint density at radius 3 is 2.27 bits per heavy atom. The van der Waals surface area contributed by atoms with Crippen molar-refractivity contribution in [2.24, 2.45) is 0 Å². The highest BCUT2D eigenvalue weighted by atomic mass is 15.2. The van der Waals surface area contributed by atoms with Crippen LogP contribution < -0.4 is 4.90 Å². The first-order valence-electron chi connectivity index (χ1n) is 14.0. The third-order valence-corrected chi connectivity index (χ3v) is 8.16. The second-order valence-electron chi connectivity index (χ2n) is 10.4. The Balaban J connectivity index is 1.39. The fourth-order valence-corrected chi connectivity index (χ4v) is 6.39. The van der Waals surface area contributed by atoms with Crippen LogP contribution in [0.15, 0.2) is 115 Å². The minimum Gasteiger partial charge on any atom is -0.306 e. The molecule has 0 bridgehead atoms. The van der Waals surface area contributed by atoms with Crippen molar-refractivity contribution in [3.63, 3.8) is 0 Å². The van der Waals surface area contributed by atoms with Gasteiger partial charge in [-0.05, 0) is 66.7 Å². The molecular formula is C35H24N6. The fourth-order valence-electron chi connectivity index (χ4n) is 6.39. The molecule has 6 heteroatoms. The third kappa shape index (κ3) is 3.04. The van der Waals surface area contributed by atoms with E-state index in [0.29, 0.717) is 0 Å². The first-order valence-corrected chi connectivity index (χ1v) is 14.0. The zero-order valence-corrected chi connectivity index (χ0v) is 22.4. The molecule has 0 aliphatic carbocycles. The molecule has 9 rings (SSSR count). The summed E-state index contributed by atoms with van der Waals surface area (Å²) in [7, 11) is 0. The highest BCUT2D eigenvalue weighted by Gasteiger charge is 2.29. The number of imidazole rings is 2. The Bertz CT molecular complexity index is 2310. The van der Waals surface area contributed by atoms with E-state index in [9.17, 15) is 0 Å². The molecule has 0 amide bonds. The van der Waals surface area contributed by atoms with E-state index >= 15 is 0 Å². The van der Waals surface area contributed by atoms with Crippen LogP contribution in [0.1, 0.15) is 12.7 Å². The first-order chi connectivity index (χ1) is 20.3. The molecule has 8 aromatic rings. The van der Waals surface area contributed by atoms with Crippen LogP contribution in [0.4, 0.5) is 17.1 Å². The Hall–Kier alpha value is -5.49. The SMILES string of the molecule is CCc1nc2cccc3c2n1-c1cc(-c2nc4ccccc4c4nc5ccccc5n24)ccc1N3c1ccccc1. The summed E-state index contributed by atoms with van der Waals surface area (Å²) >= 11 is 0. The lowest BCUT2D eigenvalue weighted by Gasteiger charge is -2.33. The van der Waals surface area contributed by atoms with Gasteiger partial charge < -0.3 is 4.90 Å². The van der Waals surface area contributed by atoms with Crippen molar-refractivity contribution >= 4 is 55.7 Å². The summed E-state index contributed by atoms with van der Waals surface area (Å²) in [5, 5.41) is 1.04. The number of anilines is 3. The van der Waals surface area contributed by atoms with Crippen molar-refractivity contribution in [2.45, 2.75) is 13.3 Å². The monoisotopic (exact) mass is 528 g/mol. The van der Waals surface area contributed by atoms with Crippen LogP contribution in [-0.4, -0.2) is 23.9 Å². The standard InChI is InChI=1S/C35H24N6/c1-2-32-36-27-16-10-18-30-33(27)40(32)31-21-22(19-20-29(31)39(30)23-11-4-3-5-12-23)34-37-25-14-7-6-13-24(25)35-38-26-15-8-9-17-28(26)41(34)35/h3-21H,2H2,1H3. The molecule has 3 aromatic heterocycles. The van der Waals surface area contributed by atoms with Gasteiger partial charge in [-0.25, -0.2) is 15.0 Å². The van der Waals surface area contributed by atoms with E-state index in [-0.39, 0.29) is 0 Å². The molecule has 6 nitrogen and oxygen atoms in total. The van der Waals surface area contributed by atoms with Crippen molar-refractivity contribution in [3.8, 4) is 17.1 Å². The maximum absolute atomic E-state index is 5.23. The van der Waals surface area contributed by atoms with Gasteiger partial charge in [0.1, 0.15) is 17.3 Å². The van der Waals surface area contributed by atoms with Crippen molar-refractivity contribution < 1.29 is 0 Å². The largest absolute Gasteiger partial charge is 0.306 e. The number of rotatable bonds is 3. The number of aryl methyl sites for hydroxylation is 1. The van der Waals surface area contributed by atoms with Crippen molar-refractivity contribution in [2.75, 3.05) is 4.90 Å². The van der Waals surface area contributed by atoms with Gasteiger partial charge in [0.05, 0.1) is 44.6 Å². The molecule has 5 aromatic carbocycles. The molecule has 1 aliphatic heterocycles. The Morgan fingerprint density at radius 2 is 1.39 bits per heavy atom. The van der Waals surface area contributed by atoms with Gasteiger partial charge in [-0.2, -0.15) is 0 Å². The number of para-hydroxylation sites is 5. The lowest BCUT2D eigenvalue weighted by molar-refractivity contribution is 0.900.